The van der Waals surface area contributed by atoms with Crippen molar-refractivity contribution in [3.63, 3.8) is 0 Å². The Bertz CT molecular complexity index is 649. The molecule has 0 amide bonds. The van der Waals surface area contributed by atoms with Crippen molar-refractivity contribution in [2.45, 2.75) is 33.8 Å². The van der Waals surface area contributed by atoms with Crippen molar-refractivity contribution in [2.24, 2.45) is 0 Å². The lowest BCUT2D eigenvalue weighted by atomic mass is 10.1. The van der Waals surface area contributed by atoms with Gasteiger partial charge in [0, 0.05) is 27.7 Å². The molecule has 1 unspecified atom stereocenters. The Kier molecular flexibility index (Phi) is 6.91. The third-order valence-electron chi connectivity index (χ3n) is 2.59. The molecule has 130 valence electrons. The van der Waals surface area contributed by atoms with Crippen LogP contribution in [0.3, 0.4) is 0 Å². The number of ether oxygens (including phenoxy) is 4. The Morgan fingerprint density at radius 3 is 1.92 bits per heavy atom. The van der Waals surface area contributed by atoms with Gasteiger partial charge in [0.25, 0.3) is 0 Å². The third kappa shape index (κ3) is 6.47. The lowest BCUT2D eigenvalue weighted by Crippen LogP contribution is -2.17. The maximum Gasteiger partial charge on any atom is 0.308 e. The van der Waals surface area contributed by atoms with Crippen molar-refractivity contribution in [3.05, 3.63) is 23.8 Å². The predicted molar refractivity (Wildman–Crippen MR) is 80.2 cm³/mol. The number of hydrogen-bond donors (Lipinski definition) is 0. The quantitative estimate of drug-likeness (QED) is 0.570. The molecule has 0 spiro atoms. The van der Waals surface area contributed by atoms with E-state index in [-0.39, 0.29) is 18.1 Å². The van der Waals surface area contributed by atoms with E-state index in [0.717, 1.165) is 0 Å². The summed E-state index contributed by atoms with van der Waals surface area (Å²) in [6, 6.07) is 4.26. The lowest BCUT2D eigenvalue weighted by molar-refractivity contribution is -0.156. The molecule has 1 aromatic carbocycles. The van der Waals surface area contributed by atoms with Crippen LogP contribution >= 0.6 is 0 Å². The number of esters is 4. The molecular formula is C16H18O8. The Morgan fingerprint density at radius 2 is 1.42 bits per heavy atom. The molecule has 0 aliphatic heterocycles. The zero-order chi connectivity index (χ0) is 18.3. The third-order valence-corrected chi connectivity index (χ3v) is 2.59. The van der Waals surface area contributed by atoms with Crippen LogP contribution in [0.15, 0.2) is 18.2 Å². The van der Waals surface area contributed by atoms with E-state index in [1.54, 1.807) is 0 Å². The topological polar surface area (TPSA) is 105 Å². The van der Waals surface area contributed by atoms with Gasteiger partial charge in [0.05, 0.1) is 0 Å². The first-order chi connectivity index (χ1) is 11.2. The van der Waals surface area contributed by atoms with Crippen molar-refractivity contribution in [3.8, 4) is 11.5 Å². The summed E-state index contributed by atoms with van der Waals surface area (Å²) in [4.78, 5) is 44.5. The summed E-state index contributed by atoms with van der Waals surface area (Å²) in [6.07, 6.45) is -0.896. The van der Waals surface area contributed by atoms with Crippen molar-refractivity contribution >= 4 is 23.9 Å². The summed E-state index contributed by atoms with van der Waals surface area (Å²) < 4.78 is 19.9. The number of carbonyl (C=O) groups excluding carboxylic acids is 4. The molecule has 0 heterocycles. The van der Waals surface area contributed by atoms with Crippen LogP contribution in [0, 0.1) is 0 Å². The molecule has 0 bridgehead atoms. The first kappa shape index (κ1) is 19.1. The highest BCUT2D eigenvalue weighted by Crippen LogP contribution is 2.32. The van der Waals surface area contributed by atoms with E-state index in [1.165, 1.54) is 45.9 Å². The zero-order valence-corrected chi connectivity index (χ0v) is 13.8. The van der Waals surface area contributed by atoms with Crippen molar-refractivity contribution in [1.82, 2.24) is 0 Å². The van der Waals surface area contributed by atoms with Gasteiger partial charge in [0.1, 0.15) is 6.61 Å². The van der Waals surface area contributed by atoms with Gasteiger partial charge < -0.3 is 18.9 Å². The summed E-state index contributed by atoms with van der Waals surface area (Å²) in [5.41, 5.74) is 0.401. The average molecular weight is 338 g/mol. The molecule has 1 rings (SSSR count). The summed E-state index contributed by atoms with van der Waals surface area (Å²) in [6.45, 7) is 4.61. The van der Waals surface area contributed by atoms with Crippen LogP contribution in [0.5, 0.6) is 11.5 Å². The van der Waals surface area contributed by atoms with Crippen molar-refractivity contribution < 1.29 is 38.1 Å². The second kappa shape index (κ2) is 8.66. The molecule has 24 heavy (non-hydrogen) atoms. The molecule has 0 aromatic heterocycles. The number of hydrogen-bond acceptors (Lipinski definition) is 8. The van der Waals surface area contributed by atoms with Gasteiger partial charge in [-0.05, 0) is 17.7 Å². The van der Waals surface area contributed by atoms with Crippen LogP contribution in [-0.2, 0) is 28.7 Å². The molecule has 0 fully saturated rings. The van der Waals surface area contributed by atoms with E-state index in [1.807, 2.05) is 0 Å². The van der Waals surface area contributed by atoms with Gasteiger partial charge in [-0.1, -0.05) is 6.07 Å². The highest BCUT2D eigenvalue weighted by molar-refractivity contribution is 5.74. The van der Waals surface area contributed by atoms with Crippen LogP contribution in [0.25, 0.3) is 0 Å². The maximum atomic E-state index is 11.2. The van der Waals surface area contributed by atoms with E-state index in [4.69, 9.17) is 18.9 Å². The SMILES string of the molecule is CC(=O)OCC(OC(C)=O)c1ccc(OC(C)=O)c(OC(C)=O)c1. The second-order valence-corrected chi connectivity index (χ2v) is 4.79. The molecular weight excluding hydrogens is 320 g/mol. The summed E-state index contributed by atoms with van der Waals surface area (Å²) in [5.74, 6) is -2.31. The molecule has 0 N–H and O–H groups in total. The van der Waals surface area contributed by atoms with Crippen LogP contribution in [0.1, 0.15) is 39.4 Å². The first-order valence-electron chi connectivity index (χ1n) is 7.00. The number of rotatable bonds is 6. The Labute approximate surface area is 138 Å². The molecule has 0 saturated carbocycles. The van der Waals surface area contributed by atoms with Gasteiger partial charge in [0.2, 0.25) is 0 Å². The molecule has 0 saturated heterocycles. The van der Waals surface area contributed by atoms with E-state index in [0.29, 0.717) is 5.56 Å². The van der Waals surface area contributed by atoms with Gasteiger partial charge in [-0.3, -0.25) is 19.2 Å². The minimum Gasteiger partial charge on any atom is -0.462 e. The summed E-state index contributed by atoms with van der Waals surface area (Å²) in [5, 5.41) is 0. The second-order valence-electron chi connectivity index (χ2n) is 4.79. The fraction of sp³-hybridized carbons (Fsp3) is 0.375. The van der Waals surface area contributed by atoms with Gasteiger partial charge in [0.15, 0.2) is 17.6 Å². The van der Waals surface area contributed by atoms with Crippen LogP contribution in [0.2, 0.25) is 0 Å². The highest BCUT2D eigenvalue weighted by Gasteiger charge is 2.20. The highest BCUT2D eigenvalue weighted by atomic mass is 16.6. The van der Waals surface area contributed by atoms with E-state index in [9.17, 15) is 19.2 Å². The Morgan fingerprint density at radius 1 is 0.833 bits per heavy atom. The largest absolute Gasteiger partial charge is 0.462 e. The van der Waals surface area contributed by atoms with E-state index >= 15 is 0 Å². The lowest BCUT2D eigenvalue weighted by Gasteiger charge is -2.18. The monoisotopic (exact) mass is 338 g/mol. The minimum absolute atomic E-state index is 0.0184. The molecule has 8 nitrogen and oxygen atoms in total. The van der Waals surface area contributed by atoms with Crippen LogP contribution in [-0.4, -0.2) is 30.5 Å². The van der Waals surface area contributed by atoms with Crippen molar-refractivity contribution in [2.75, 3.05) is 6.61 Å². The normalized spacial score (nSPS) is 11.2. The minimum atomic E-state index is -0.896. The van der Waals surface area contributed by atoms with E-state index < -0.39 is 30.0 Å². The number of benzene rings is 1. The van der Waals surface area contributed by atoms with Gasteiger partial charge in [-0.25, -0.2) is 0 Å². The van der Waals surface area contributed by atoms with Gasteiger partial charge >= 0.3 is 23.9 Å². The van der Waals surface area contributed by atoms with Gasteiger partial charge in [-0.2, -0.15) is 0 Å². The van der Waals surface area contributed by atoms with Crippen molar-refractivity contribution in [1.29, 1.82) is 0 Å². The fourth-order valence-electron chi connectivity index (χ4n) is 1.79. The average Bonchev–Trinajstić information content (AvgIpc) is 2.43. The molecule has 0 radical (unpaired) electrons. The fourth-order valence-corrected chi connectivity index (χ4v) is 1.79. The molecule has 8 heteroatoms. The maximum absolute atomic E-state index is 11.2. The summed E-state index contributed by atoms with van der Waals surface area (Å²) in [7, 11) is 0. The predicted octanol–water partition coefficient (Wildman–Crippen LogP) is 1.70. The van der Waals surface area contributed by atoms with E-state index in [2.05, 4.69) is 0 Å². The molecule has 0 aliphatic rings. The summed E-state index contributed by atoms with van der Waals surface area (Å²) >= 11 is 0. The molecule has 0 aliphatic carbocycles. The molecule has 1 atom stereocenters. The van der Waals surface area contributed by atoms with Crippen LogP contribution in [0.4, 0.5) is 0 Å². The zero-order valence-electron chi connectivity index (χ0n) is 13.8. The Hall–Kier alpha value is -2.90. The smallest absolute Gasteiger partial charge is 0.308 e. The first-order valence-corrected chi connectivity index (χ1v) is 7.00. The standard InChI is InChI=1S/C16H18O8/c1-9(17)21-8-16(24-12(4)20)13-5-6-14(22-10(2)18)15(7-13)23-11(3)19/h5-7,16H,8H2,1-4H3. The van der Waals surface area contributed by atoms with Gasteiger partial charge in [-0.15, -0.1) is 0 Å². The Balaban J connectivity index is 3.17. The number of carbonyl (C=O) groups is 4. The van der Waals surface area contributed by atoms with Crippen LogP contribution < -0.4 is 9.47 Å². The molecule has 1 aromatic rings.